The first-order chi connectivity index (χ1) is 12.5. The number of quaternary nitrogens is 1. The van der Waals surface area contributed by atoms with E-state index in [0.29, 0.717) is 5.92 Å². The molecule has 2 amide bonds. The Balaban J connectivity index is 2.19. The van der Waals surface area contributed by atoms with Crippen LogP contribution in [0.15, 0.2) is 41.8 Å². The van der Waals surface area contributed by atoms with Crippen LogP contribution in [-0.4, -0.2) is 25.2 Å². The van der Waals surface area contributed by atoms with Gasteiger partial charge in [-0.25, -0.2) is 4.79 Å². The number of imide groups is 1. The van der Waals surface area contributed by atoms with Gasteiger partial charge < -0.3 is 10.1 Å². The van der Waals surface area contributed by atoms with Crippen LogP contribution in [-0.2, 0) is 9.53 Å². The van der Waals surface area contributed by atoms with Gasteiger partial charge in [0, 0.05) is 5.56 Å². The predicted octanol–water partition coefficient (Wildman–Crippen LogP) is 3.19. The van der Waals surface area contributed by atoms with Crippen molar-refractivity contribution < 1.29 is 19.6 Å². The van der Waals surface area contributed by atoms with Crippen molar-refractivity contribution in [3.8, 4) is 0 Å². The van der Waals surface area contributed by atoms with E-state index in [1.165, 1.54) is 17.6 Å². The minimum absolute atomic E-state index is 0.000574. The van der Waals surface area contributed by atoms with Crippen LogP contribution in [0.5, 0.6) is 0 Å². The van der Waals surface area contributed by atoms with Gasteiger partial charge in [-0.1, -0.05) is 44.2 Å². The summed E-state index contributed by atoms with van der Waals surface area (Å²) in [7, 11) is 1.24. The molecule has 0 aliphatic carbocycles. The van der Waals surface area contributed by atoms with Crippen molar-refractivity contribution >= 4 is 23.3 Å². The molecule has 2 aromatic rings. The Morgan fingerprint density at radius 3 is 2.35 bits per heavy atom. The van der Waals surface area contributed by atoms with Crippen molar-refractivity contribution in [2.24, 2.45) is 0 Å². The fraction of sp³-hybridized carbons (Fsp3) is 0.400. The molecule has 5 nitrogen and oxygen atoms in total. The van der Waals surface area contributed by atoms with E-state index in [0.717, 1.165) is 12.0 Å². The van der Waals surface area contributed by atoms with E-state index in [1.54, 1.807) is 18.3 Å². The number of hydrogen-bond donors (Lipinski definition) is 2. The summed E-state index contributed by atoms with van der Waals surface area (Å²) >= 11 is 1.66. The molecule has 0 aliphatic heterocycles. The predicted molar refractivity (Wildman–Crippen MR) is 103 cm³/mol. The van der Waals surface area contributed by atoms with Gasteiger partial charge >= 0.3 is 6.09 Å². The lowest BCUT2D eigenvalue weighted by molar-refractivity contribution is -0.704. The van der Waals surface area contributed by atoms with Crippen molar-refractivity contribution in [3.63, 3.8) is 0 Å². The lowest BCUT2D eigenvalue weighted by Crippen LogP contribution is -2.92. The van der Waals surface area contributed by atoms with Crippen LogP contribution in [0.4, 0.5) is 4.79 Å². The highest BCUT2D eigenvalue weighted by molar-refractivity contribution is 7.10. The first kappa shape index (κ1) is 20.1. The molecule has 0 unspecified atom stereocenters. The van der Waals surface area contributed by atoms with Gasteiger partial charge in [0.15, 0.2) is 6.04 Å². The van der Waals surface area contributed by atoms with Gasteiger partial charge in [-0.2, -0.15) is 0 Å². The number of nitrogens with two attached hydrogens (primary N) is 1. The number of carbonyl (C=O) groups is 2. The minimum Gasteiger partial charge on any atom is -0.453 e. The quantitative estimate of drug-likeness (QED) is 0.781. The first-order valence-corrected chi connectivity index (χ1v) is 9.71. The summed E-state index contributed by atoms with van der Waals surface area (Å²) < 4.78 is 4.50. The Hall–Kier alpha value is -2.18. The average Bonchev–Trinajstić information content (AvgIpc) is 3.19. The van der Waals surface area contributed by atoms with E-state index >= 15 is 0 Å². The lowest BCUT2D eigenvalue weighted by atomic mass is 9.95. The van der Waals surface area contributed by atoms with E-state index < -0.39 is 12.1 Å². The van der Waals surface area contributed by atoms with Gasteiger partial charge in [0.1, 0.15) is 6.04 Å². The smallest absolute Gasteiger partial charge is 0.413 e. The molecule has 1 aromatic carbocycles. The summed E-state index contributed by atoms with van der Waals surface area (Å²) in [5.41, 5.74) is 2.45. The molecule has 1 aromatic heterocycles. The van der Waals surface area contributed by atoms with Crippen LogP contribution in [0, 0.1) is 0 Å². The van der Waals surface area contributed by atoms with E-state index in [9.17, 15) is 9.59 Å². The number of hydrogen-bond acceptors (Lipinski definition) is 4. The Morgan fingerprint density at radius 2 is 1.81 bits per heavy atom. The maximum absolute atomic E-state index is 12.2. The van der Waals surface area contributed by atoms with Crippen molar-refractivity contribution in [1.82, 2.24) is 5.32 Å². The van der Waals surface area contributed by atoms with Crippen LogP contribution in [0.1, 0.15) is 55.2 Å². The van der Waals surface area contributed by atoms with Gasteiger partial charge in [-0.3, -0.25) is 10.1 Å². The number of amides is 2. The molecule has 3 atom stereocenters. The topological polar surface area (TPSA) is 72.0 Å². The summed E-state index contributed by atoms with van der Waals surface area (Å²) in [6.45, 7) is 6.19. The van der Waals surface area contributed by atoms with Gasteiger partial charge in [0.2, 0.25) is 0 Å². The van der Waals surface area contributed by atoms with Crippen LogP contribution in [0.3, 0.4) is 0 Å². The number of ether oxygens (including phenoxy) is 1. The molecule has 0 saturated carbocycles. The minimum atomic E-state index is -0.735. The first-order valence-electron chi connectivity index (χ1n) is 8.83. The van der Waals surface area contributed by atoms with Crippen molar-refractivity contribution in [2.45, 2.75) is 45.2 Å². The molecule has 6 heteroatoms. The van der Waals surface area contributed by atoms with Crippen molar-refractivity contribution in [2.75, 3.05) is 7.11 Å². The van der Waals surface area contributed by atoms with Gasteiger partial charge in [0.05, 0.1) is 12.0 Å². The SMILES string of the molecule is CC[C@H](C)c1ccc([C@H]([NH2+][C@@H](C)C(=O)NC(=O)OC)c2cccs2)cc1. The molecule has 26 heavy (non-hydrogen) atoms. The van der Waals surface area contributed by atoms with Crippen LogP contribution < -0.4 is 10.6 Å². The molecule has 1 heterocycles. The molecule has 0 aliphatic rings. The van der Waals surface area contributed by atoms with Crippen molar-refractivity contribution in [1.29, 1.82) is 0 Å². The third-order valence-corrected chi connectivity index (χ3v) is 5.59. The number of benzene rings is 1. The van der Waals surface area contributed by atoms with Crippen LogP contribution in [0.2, 0.25) is 0 Å². The van der Waals surface area contributed by atoms with Gasteiger partial charge in [-0.05, 0) is 36.3 Å². The molecule has 0 spiro atoms. The van der Waals surface area contributed by atoms with E-state index in [1.807, 2.05) is 16.8 Å². The van der Waals surface area contributed by atoms with Gasteiger partial charge in [0.25, 0.3) is 5.91 Å². The zero-order valence-electron chi connectivity index (χ0n) is 15.7. The normalized spacial score (nSPS) is 14.3. The standard InChI is InChI=1S/C20H26N2O3S/c1-5-13(2)15-8-10-16(11-9-15)18(17-7-6-12-26-17)21-14(3)19(23)22-20(24)25-4/h6-14,18,21H,5H2,1-4H3,(H,22,23,24)/p+1/t13-,14-,18-/m0/s1. The molecular weight excluding hydrogens is 348 g/mol. The monoisotopic (exact) mass is 375 g/mol. The second-order valence-corrected chi connectivity index (χ2v) is 7.41. The molecule has 2 rings (SSSR count). The zero-order chi connectivity index (χ0) is 19.1. The number of rotatable bonds is 7. The molecule has 0 saturated heterocycles. The Kier molecular flexibility index (Phi) is 7.36. The highest BCUT2D eigenvalue weighted by atomic mass is 32.1. The van der Waals surface area contributed by atoms with Crippen molar-refractivity contribution in [3.05, 3.63) is 57.8 Å². The highest BCUT2D eigenvalue weighted by Gasteiger charge is 2.26. The largest absolute Gasteiger partial charge is 0.453 e. The maximum Gasteiger partial charge on any atom is 0.413 e. The maximum atomic E-state index is 12.2. The average molecular weight is 376 g/mol. The van der Waals surface area contributed by atoms with Crippen LogP contribution in [0.25, 0.3) is 0 Å². The number of methoxy groups -OCH3 is 1. The molecule has 140 valence electrons. The summed E-state index contributed by atoms with van der Waals surface area (Å²) in [5, 5.41) is 6.24. The summed E-state index contributed by atoms with van der Waals surface area (Å²) in [4.78, 5) is 24.6. The molecule has 0 bridgehead atoms. The molecular formula is C20H27N2O3S+. The Labute approximate surface area is 158 Å². The number of carbonyl (C=O) groups excluding carboxylic acids is 2. The highest BCUT2D eigenvalue weighted by Crippen LogP contribution is 2.25. The number of thiophene rings is 1. The number of alkyl carbamates (subject to hydrolysis) is 1. The Bertz CT molecular complexity index is 713. The second kappa shape index (κ2) is 9.50. The number of nitrogens with one attached hydrogen (secondary N) is 1. The Morgan fingerprint density at radius 1 is 1.15 bits per heavy atom. The molecule has 0 fully saturated rings. The molecule has 0 radical (unpaired) electrons. The summed E-state index contributed by atoms with van der Waals surface area (Å²) in [5.74, 6) is 0.160. The van der Waals surface area contributed by atoms with E-state index in [2.05, 4.69) is 54.2 Å². The van der Waals surface area contributed by atoms with Gasteiger partial charge in [-0.15, -0.1) is 11.3 Å². The second-order valence-electron chi connectivity index (χ2n) is 6.43. The van der Waals surface area contributed by atoms with E-state index in [4.69, 9.17) is 0 Å². The van der Waals surface area contributed by atoms with Crippen LogP contribution >= 0.6 is 11.3 Å². The van der Waals surface area contributed by atoms with E-state index in [-0.39, 0.29) is 11.9 Å². The molecule has 3 N–H and O–H groups in total. The zero-order valence-corrected chi connectivity index (χ0v) is 16.5. The fourth-order valence-corrected chi connectivity index (χ4v) is 3.58. The third-order valence-electron chi connectivity index (χ3n) is 4.63. The summed E-state index contributed by atoms with van der Waals surface area (Å²) in [6.07, 6.45) is 0.366. The fourth-order valence-electron chi connectivity index (χ4n) is 2.75. The summed E-state index contributed by atoms with van der Waals surface area (Å²) in [6, 6.07) is 12.2. The third kappa shape index (κ3) is 5.16. The lowest BCUT2D eigenvalue weighted by Gasteiger charge is -2.20.